The Hall–Kier alpha value is -1.39. The quantitative estimate of drug-likeness (QED) is 0.835. The second-order valence-corrected chi connectivity index (χ2v) is 5.03. The van der Waals surface area contributed by atoms with Crippen LogP contribution in [0.5, 0.6) is 0 Å². The van der Waals surface area contributed by atoms with Gasteiger partial charge in [-0.15, -0.1) is 0 Å². The maximum absolute atomic E-state index is 10.8. The molecule has 0 amide bonds. The number of nitrogens with zero attached hydrogens (tertiary/aromatic N) is 1. The smallest absolute Gasteiger partial charge is 0.304 e. The Balaban J connectivity index is 3.08. The van der Waals surface area contributed by atoms with E-state index in [1.54, 1.807) is 0 Å². The van der Waals surface area contributed by atoms with Crippen molar-refractivity contribution in [3.05, 3.63) is 34.9 Å². The van der Waals surface area contributed by atoms with Crippen molar-refractivity contribution in [1.29, 1.82) is 0 Å². The number of benzene rings is 1. The molecule has 0 saturated carbocycles. The first-order valence-corrected chi connectivity index (χ1v) is 6.04. The Labute approximate surface area is 108 Å². The van der Waals surface area contributed by atoms with E-state index in [4.69, 9.17) is 10.8 Å². The lowest BCUT2D eigenvalue weighted by Crippen LogP contribution is -2.39. The average molecular weight is 250 g/mol. The molecule has 0 fully saturated rings. The van der Waals surface area contributed by atoms with Gasteiger partial charge >= 0.3 is 5.97 Å². The lowest BCUT2D eigenvalue weighted by Gasteiger charge is -2.31. The van der Waals surface area contributed by atoms with E-state index in [2.05, 4.69) is 6.07 Å². The average Bonchev–Trinajstić information content (AvgIpc) is 2.20. The maximum Gasteiger partial charge on any atom is 0.304 e. The molecule has 100 valence electrons. The fraction of sp³-hybridized carbons (Fsp3) is 0.500. The molecular formula is C14H22N2O2. The minimum Gasteiger partial charge on any atom is -0.481 e. The third-order valence-corrected chi connectivity index (χ3v) is 3.12. The minimum atomic E-state index is -0.862. The van der Waals surface area contributed by atoms with Gasteiger partial charge in [0.25, 0.3) is 0 Å². The first kappa shape index (κ1) is 14.7. The number of likely N-dealkylation sites (N-methyl/N-ethyl adjacent to an activating group) is 1. The summed E-state index contributed by atoms with van der Waals surface area (Å²) in [7, 11) is 3.84. The predicted octanol–water partition coefficient (Wildman–Crippen LogP) is 1.71. The van der Waals surface area contributed by atoms with Gasteiger partial charge in [-0.05, 0) is 39.1 Å². The topological polar surface area (TPSA) is 66.6 Å². The van der Waals surface area contributed by atoms with Crippen molar-refractivity contribution in [2.75, 3.05) is 14.1 Å². The highest BCUT2D eigenvalue weighted by Crippen LogP contribution is 2.26. The molecule has 2 atom stereocenters. The van der Waals surface area contributed by atoms with E-state index < -0.39 is 12.0 Å². The highest BCUT2D eigenvalue weighted by Gasteiger charge is 2.25. The first-order valence-electron chi connectivity index (χ1n) is 6.04. The Bertz CT molecular complexity index is 430. The van der Waals surface area contributed by atoms with Crippen molar-refractivity contribution in [2.24, 2.45) is 5.73 Å². The van der Waals surface area contributed by atoms with E-state index in [-0.39, 0.29) is 12.5 Å². The molecule has 3 N–H and O–H groups in total. The van der Waals surface area contributed by atoms with Crippen LogP contribution in [0.1, 0.15) is 29.2 Å². The van der Waals surface area contributed by atoms with E-state index in [1.807, 2.05) is 45.0 Å². The van der Waals surface area contributed by atoms with Crippen LogP contribution in [0.25, 0.3) is 0 Å². The van der Waals surface area contributed by atoms with Crippen molar-refractivity contribution in [3.63, 3.8) is 0 Å². The summed E-state index contributed by atoms with van der Waals surface area (Å²) in [4.78, 5) is 12.8. The zero-order chi connectivity index (χ0) is 13.9. The van der Waals surface area contributed by atoms with Gasteiger partial charge in [0.15, 0.2) is 0 Å². The summed E-state index contributed by atoms with van der Waals surface area (Å²) < 4.78 is 0. The van der Waals surface area contributed by atoms with Crippen LogP contribution in [-0.2, 0) is 4.79 Å². The van der Waals surface area contributed by atoms with Crippen LogP contribution in [0, 0.1) is 13.8 Å². The molecular weight excluding hydrogens is 228 g/mol. The molecule has 2 unspecified atom stereocenters. The molecule has 0 bridgehead atoms. The fourth-order valence-electron chi connectivity index (χ4n) is 2.36. The standard InChI is InChI=1S/C14H22N2O2/c1-9-5-6-11(10(2)7-9)14(16(3)4)12(15)8-13(17)18/h5-7,12,14H,8,15H2,1-4H3,(H,17,18). The number of rotatable bonds is 5. The van der Waals surface area contributed by atoms with E-state index >= 15 is 0 Å². The summed E-state index contributed by atoms with van der Waals surface area (Å²) in [6, 6.07) is 5.67. The first-order chi connectivity index (χ1) is 8.32. The number of hydrogen-bond acceptors (Lipinski definition) is 3. The van der Waals surface area contributed by atoms with Crippen LogP contribution in [0.15, 0.2) is 18.2 Å². The molecule has 0 radical (unpaired) electrons. The van der Waals surface area contributed by atoms with Gasteiger partial charge in [-0.25, -0.2) is 0 Å². The molecule has 0 spiro atoms. The lowest BCUT2D eigenvalue weighted by atomic mass is 9.92. The van der Waals surface area contributed by atoms with Crippen LogP contribution in [0.2, 0.25) is 0 Å². The Morgan fingerprint density at radius 3 is 2.44 bits per heavy atom. The fourth-order valence-corrected chi connectivity index (χ4v) is 2.36. The molecule has 18 heavy (non-hydrogen) atoms. The van der Waals surface area contributed by atoms with Crippen molar-refractivity contribution in [2.45, 2.75) is 32.4 Å². The molecule has 1 aromatic rings. The molecule has 0 aliphatic rings. The van der Waals surface area contributed by atoms with Crippen molar-refractivity contribution >= 4 is 5.97 Å². The van der Waals surface area contributed by atoms with Gasteiger partial charge in [0.2, 0.25) is 0 Å². The van der Waals surface area contributed by atoms with Gasteiger partial charge in [0.1, 0.15) is 0 Å². The second kappa shape index (κ2) is 5.98. The molecule has 0 heterocycles. The van der Waals surface area contributed by atoms with E-state index in [0.29, 0.717) is 0 Å². The monoisotopic (exact) mass is 250 g/mol. The van der Waals surface area contributed by atoms with Gasteiger partial charge in [0, 0.05) is 6.04 Å². The van der Waals surface area contributed by atoms with Crippen molar-refractivity contribution < 1.29 is 9.90 Å². The van der Waals surface area contributed by atoms with Gasteiger partial charge < -0.3 is 15.7 Å². The summed E-state index contributed by atoms with van der Waals surface area (Å²) in [6.45, 7) is 4.07. The molecule has 4 heteroatoms. The molecule has 0 aliphatic carbocycles. The van der Waals surface area contributed by atoms with Gasteiger partial charge in [-0.1, -0.05) is 23.8 Å². The molecule has 0 aromatic heterocycles. The molecule has 0 aliphatic heterocycles. The summed E-state index contributed by atoms with van der Waals surface area (Å²) in [5, 5.41) is 8.88. The number of carboxylic acids is 1. The predicted molar refractivity (Wildman–Crippen MR) is 72.6 cm³/mol. The summed E-state index contributed by atoms with van der Waals surface area (Å²) >= 11 is 0. The van der Waals surface area contributed by atoms with Crippen molar-refractivity contribution in [1.82, 2.24) is 4.90 Å². The normalized spacial score (nSPS) is 14.6. The Kier molecular flexibility index (Phi) is 4.87. The van der Waals surface area contributed by atoms with Gasteiger partial charge in [0.05, 0.1) is 12.5 Å². The third-order valence-electron chi connectivity index (χ3n) is 3.12. The van der Waals surface area contributed by atoms with Gasteiger partial charge in [-0.2, -0.15) is 0 Å². The third kappa shape index (κ3) is 3.55. The van der Waals surface area contributed by atoms with Crippen LogP contribution >= 0.6 is 0 Å². The Morgan fingerprint density at radius 2 is 2.00 bits per heavy atom. The van der Waals surface area contributed by atoms with Crippen LogP contribution in [0.3, 0.4) is 0 Å². The number of aryl methyl sites for hydroxylation is 2. The molecule has 1 aromatic carbocycles. The SMILES string of the molecule is Cc1ccc(C(C(N)CC(=O)O)N(C)C)c(C)c1. The second-order valence-electron chi connectivity index (χ2n) is 5.03. The zero-order valence-electron chi connectivity index (χ0n) is 11.5. The van der Waals surface area contributed by atoms with E-state index in [1.165, 1.54) is 5.56 Å². The lowest BCUT2D eigenvalue weighted by molar-refractivity contribution is -0.137. The Morgan fingerprint density at radius 1 is 1.39 bits per heavy atom. The van der Waals surface area contributed by atoms with E-state index in [0.717, 1.165) is 11.1 Å². The maximum atomic E-state index is 10.8. The summed E-state index contributed by atoms with van der Waals surface area (Å²) in [5.74, 6) is -0.862. The summed E-state index contributed by atoms with van der Waals surface area (Å²) in [5.41, 5.74) is 9.48. The van der Waals surface area contributed by atoms with E-state index in [9.17, 15) is 4.79 Å². The number of carboxylic acid groups (broad SMARTS) is 1. The highest BCUT2D eigenvalue weighted by molar-refractivity contribution is 5.67. The van der Waals surface area contributed by atoms with Crippen LogP contribution < -0.4 is 5.73 Å². The largest absolute Gasteiger partial charge is 0.481 e. The van der Waals surface area contributed by atoms with Gasteiger partial charge in [-0.3, -0.25) is 4.79 Å². The minimum absolute atomic E-state index is 0.0316. The molecule has 1 rings (SSSR count). The molecule has 4 nitrogen and oxygen atoms in total. The van der Waals surface area contributed by atoms with Crippen LogP contribution in [0.4, 0.5) is 0 Å². The number of aliphatic carboxylic acids is 1. The molecule has 0 saturated heterocycles. The number of nitrogens with two attached hydrogens (primary N) is 1. The summed E-state index contributed by atoms with van der Waals surface area (Å²) in [6.07, 6.45) is -0.0316. The number of hydrogen-bond donors (Lipinski definition) is 2. The highest BCUT2D eigenvalue weighted by atomic mass is 16.4. The zero-order valence-corrected chi connectivity index (χ0v) is 11.5. The van der Waals surface area contributed by atoms with Crippen molar-refractivity contribution in [3.8, 4) is 0 Å². The number of carbonyl (C=O) groups is 1. The van der Waals surface area contributed by atoms with Crippen LogP contribution in [-0.4, -0.2) is 36.1 Å².